The summed E-state index contributed by atoms with van der Waals surface area (Å²) in [4.78, 5) is 31.1. The van der Waals surface area contributed by atoms with Crippen molar-refractivity contribution in [1.29, 1.82) is 5.26 Å². The van der Waals surface area contributed by atoms with Gasteiger partial charge in [0, 0.05) is 50.3 Å². The number of carbonyl (C=O) groups is 1. The molecule has 2 aromatic heterocycles. The second kappa shape index (κ2) is 13.8. The van der Waals surface area contributed by atoms with Crippen LogP contribution in [0.1, 0.15) is 25.8 Å². The number of nitriles is 1. The van der Waals surface area contributed by atoms with Crippen LogP contribution in [-0.2, 0) is 9.53 Å². The van der Waals surface area contributed by atoms with Crippen molar-refractivity contribution in [3.8, 4) is 29.0 Å². The van der Waals surface area contributed by atoms with Crippen molar-refractivity contribution in [3.63, 3.8) is 0 Å². The number of halogens is 2. The van der Waals surface area contributed by atoms with E-state index < -0.39 is 30.6 Å². The minimum Gasteiger partial charge on any atom is -0.483 e. The Kier molecular flexibility index (Phi) is 9.58. The van der Waals surface area contributed by atoms with E-state index in [2.05, 4.69) is 37.0 Å². The highest BCUT2D eigenvalue weighted by atomic mass is 19.3. The van der Waals surface area contributed by atoms with Crippen molar-refractivity contribution in [2.45, 2.75) is 50.5 Å². The number of piperidine rings is 1. The molecule has 48 heavy (non-hydrogen) atoms. The highest BCUT2D eigenvalue weighted by molar-refractivity contribution is 5.80. The van der Waals surface area contributed by atoms with Crippen molar-refractivity contribution < 1.29 is 32.9 Å². The Balaban J connectivity index is 1.13. The van der Waals surface area contributed by atoms with Crippen LogP contribution in [0.2, 0.25) is 0 Å². The summed E-state index contributed by atoms with van der Waals surface area (Å²) >= 11 is 0. The first kappa shape index (κ1) is 33.3. The number of carbonyl (C=O) groups excluding carboxylic acids is 1. The maximum Gasteiger partial charge on any atom is 0.301 e. The van der Waals surface area contributed by atoms with E-state index >= 15 is 0 Å². The Hall–Kier alpha value is -4.65. The number of aliphatic hydroxyl groups is 1. The third-order valence-corrected chi connectivity index (χ3v) is 8.93. The maximum atomic E-state index is 14.9. The normalized spacial score (nSPS) is 21.9. The van der Waals surface area contributed by atoms with Crippen molar-refractivity contribution in [3.05, 3.63) is 48.3 Å². The third kappa shape index (κ3) is 6.96. The van der Waals surface area contributed by atoms with E-state index in [4.69, 9.17) is 14.2 Å². The molecule has 0 aliphatic carbocycles. The number of anilines is 3. The molecule has 13 nitrogen and oxygen atoms in total. The summed E-state index contributed by atoms with van der Waals surface area (Å²) in [5.74, 6) is -2.69. The minimum atomic E-state index is -3.38. The first-order valence-electron chi connectivity index (χ1n) is 15.8. The molecule has 2 N–H and O–H groups in total. The van der Waals surface area contributed by atoms with Gasteiger partial charge >= 0.3 is 5.92 Å². The summed E-state index contributed by atoms with van der Waals surface area (Å²) in [5, 5.41) is 22.5. The number of aliphatic hydroxyl groups excluding tert-OH is 1. The molecular weight excluding hydrogens is 626 g/mol. The smallest absolute Gasteiger partial charge is 0.301 e. The first-order chi connectivity index (χ1) is 23.1. The number of amides is 1. The fourth-order valence-electron chi connectivity index (χ4n) is 6.25. The molecule has 6 rings (SSSR count). The van der Waals surface area contributed by atoms with E-state index in [1.54, 1.807) is 19.2 Å². The van der Waals surface area contributed by atoms with Crippen molar-refractivity contribution in [1.82, 2.24) is 24.8 Å². The van der Waals surface area contributed by atoms with Gasteiger partial charge in [-0.1, -0.05) is 0 Å². The number of rotatable bonds is 9. The van der Waals surface area contributed by atoms with Crippen molar-refractivity contribution >= 4 is 23.2 Å². The van der Waals surface area contributed by atoms with E-state index in [-0.39, 0.29) is 30.3 Å². The van der Waals surface area contributed by atoms with E-state index in [0.29, 0.717) is 34.8 Å². The van der Waals surface area contributed by atoms with Crippen LogP contribution in [0.3, 0.4) is 0 Å². The number of alkyl halides is 2. The van der Waals surface area contributed by atoms with E-state index in [0.717, 1.165) is 43.4 Å². The lowest BCUT2D eigenvalue weighted by atomic mass is 10.0. The predicted octanol–water partition coefficient (Wildman–Crippen LogP) is 3.07. The Morgan fingerprint density at radius 1 is 1.17 bits per heavy atom. The number of piperazine rings is 1. The van der Waals surface area contributed by atoms with Gasteiger partial charge < -0.3 is 34.4 Å². The maximum absolute atomic E-state index is 14.9. The lowest BCUT2D eigenvalue weighted by Crippen LogP contribution is -2.59. The van der Waals surface area contributed by atoms with E-state index in [9.17, 15) is 23.9 Å². The highest BCUT2D eigenvalue weighted by Crippen LogP contribution is 2.35. The topological polar surface area (TPSA) is 149 Å². The number of methoxy groups -OCH3 is 1. The van der Waals surface area contributed by atoms with Crippen LogP contribution in [0.15, 0.2) is 42.7 Å². The van der Waals surface area contributed by atoms with Gasteiger partial charge in [0.2, 0.25) is 5.88 Å². The SMILES string of the molecule is COc1nc(Nc2cc(-c3ccc(OC4CCN(C(=O)C(C)O)CC4(F)F)c(C#N)c3)ncn2)ccc1N1CCN(C2COC2)C[C@H]1C. The van der Waals surface area contributed by atoms with Gasteiger partial charge in [-0.3, -0.25) is 9.69 Å². The zero-order chi connectivity index (χ0) is 34.0. The Morgan fingerprint density at radius 2 is 1.98 bits per heavy atom. The zero-order valence-corrected chi connectivity index (χ0v) is 27.0. The molecular formula is C33H38F2N8O5. The zero-order valence-electron chi connectivity index (χ0n) is 27.0. The second-order valence-corrected chi connectivity index (χ2v) is 12.3. The standard InChI is InChI=1S/C33H38F2N8O5/c1-20-15-41(24-16-47-17-24)10-11-43(20)26-5-7-29(40-31(26)46-3)39-30-13-25(37-19-38-30)22-4-6-27(23(12-22)14-36)48-28-8-9-42(18-33(28,34)35)32(45)21(2)44/h4-7,12-13,19-21,24,28,44H,8-11,15-18H2,1-3H3,(H,37,38,39,40)/t20-,21?,28?/m1/s1. The third-order valence-electron chi connectivity index (χ3n) is 8.93. The molecule has 1 aromatic carbocycles. The Labute approximate surface area is 277 Å². The number of aromatic nitrogens is 3. The summed E-state index contributed by atoms with van der Waals surface area (Å²) in [5.41, 5.74) is 2.00. The summed E-state index contributed by atoms with van der Waals surface area (Å²) in [6, 6.07) is 12.9. The average molecular weight is 665 g/mol. The van der Waals surface area contributed by atoms with Crippen molar-refractivity contribution in [2.24, 2.45) is 0 Å². The van der Waals surface area contributed by atoms with Gasteiger partial charge in [-0.2, -0.15) is 10.2 Å². The lowest BCUT2D eigenvalue weighted by molar-refractivity contribution is -0.165. The molecule has 0 radical (unpaired) electrons. The van der Waals surface area contributed by atoms with Crippen LogP contribution in [0.5, 0.6) is 11.6 Å². The number of benzene rings is 1. The predicted molar refractivity (Wildman–Crippen MR) is 171 cm³/mol. The molecule has 1 amide bonds. The monoisotopic (exact) mass is 664 g/mol. The van der Waals surface area contributed by atoms with Crippen LogP contribution < -0.4 is 19.7 Å². The molecule has 254 valence electrons. The van der Waals surface area contributed by atoms with Gasteiger partial charge in [0.25, 0.3) is 5.91 Å². The molecule has 3 atom stereocenters. The quantitative estimate of drug-likeness (QED) is 0.346. The van der Waals surface area contributed by atoms with Gasteiger partial charge in [0.1, 0.15) is 41.6 Å². The lowest BCUT2D eigenvalue weighted by Gasteiger charge is -2.46. The van der Waals surface area contributed by atoms with Crippen LogP contribution in [-0.4, -0.2) is 119 Å². The first-order valence-corrected chi connectivity index (χ1v) is 15.8. The molecule has 2 unspecified atom stereocenters. The molecule has 0 spiro atoms. The van der Waals surface area contributed by atoms with Crippen LogP contribution in [0.4, 0.5) is 26.1 Å². The second-order valence-electron chi connectivity index (χ2n) is 12.3. The molecule has 3 aliphatic heterocycles. The number of hydrogen-bond acceptors (Lipinski definition) is 12. The number of nitrogens with zero attached hydrogens (tertiary/aromatic N) is 7. The summed E-state index contributed by atoms with van der Waals surface area (Å²) < 4.78 is 46.6. The molecule has 3 aliphatic rings. The highest BCUT2D eigenvalue weighted by Gasteiger charge is 2.48. The summed E-state index contributed by atoms with van der Waals surface area (Å²) in [6.45, 7) is 6.84. The molecule has 3 fully saturated rings. The fourth-order valence-corrected chi connectivity index (χ4v) is 6.25. The number of pyridine rings is 1. The fraction of sp³-hybridized carbons (Fsp3) is 0.485. The van der Waals surface area contributed by atoms with Gasteiger partial charge in [0.05, 0.1) is 44.2 Å². The van der Waals surface area contributed by atoms with E-state index in [1.165, 1.54) is 25.4 Å². The van der Waals surface area contributed by atoms with Crippen LogP contribution in [0, 0.1) is 11.3 Å². The Bertz CT molecular complexity index is 1680. The molecule has 3 saturated heterocycles. The van der Waals surface area contributed by atoms with Crippen molar-refractivity contribution in [2.75, 3.05) is 63.3 Å². The summed E-state index contributed by atoms with van der Waals surface area (Å²) in [7, 11) is 1.59. The number of ether oxygens (including phenoxy) is 3. The van der Waals surface area contributed by atoms with Gasteiger partial charge in [-0.25, -0.2) is 18.7 Å². The number of likely N-dealkylation sites (tertiary alicyclic amines) is 1. The molecule has 3 aromatic rings. The molecule has 15 heteroatoms. The minimum absolute atomic E-state index is 0.00203. The molecule has 5 heterocycles. The number of nitrogens with one attached hydrogen (secondary N) is 1. The number of hydrogen-bond donors (Lipinski definition) is 2. The molecule has 0 bridgehead atoms. The van der Waals surface area contributed by atoms with Gasteiger partial charge in [-0.15, -0.1) is 0 Å². The molecule has 0 saturated carbocycles. The van der Waals surface area contributed by atoms with Gasteiger partial charge in [-0.05, 0) is 44.2 Å². The van der Waals surface area contributed by atoms with Gasteiger partial charge in [0.15, 0.2) is 6.10 Å². The largest absolute Gasteiger partial charge is 0.483 e. The van der Waals surface area contributed by atoms with Crippen LogP contribution >= 0.6 is 0 Å². The summed E-state index contributed by atoms with van der Waals surface area (Å²) in [6.07, 6.45) is -1.71. The Morgan fingerprint density at radius 3 is 2.65 bits per heavy atom. The average Bonchev–Trinajstić information content (AvgIpc) is 3.04. The van der Waals surface area contributed by atoms with E-state index in [1.807, 2.05) is 18.2 Å². The van der Waals surface area contributed by atoms with Crippen LogP contribution in [0.25, 0.3) is 11.3 Å².